The van der Waals surface area contributed by atoms with E-state index < -0.39 is 11.2 Å². The third kappa shape index (κ3) is 1.31. The van der Waals surface area contributed by atoms with E-state index in [-0.39, 0.29) is 0 Å². The van der Waals surface area contributed by atoms with Crippen molar-refractivity contribution in [1.29, 1.82) is 0 Å². The largest absolute Gasteiger partial charge is 0.461 e. The fourth-order valence-electron chi connectivity index (χ4n) is 1.37. The third-order valence-corrected chi connectivity index (χ3v) is 2.20. The van der Waals surface area contributed by atoms with Gasteiger partial charge in [0.05, 0.1) is 5.39 Å². The van der Waals surface area contributed by atoms with Crippen LogP contribution in [0, 0.1) is 5.82 Å². The minimum atomic E-state index is -0.842. The van der Waals surface area contributed by atoms with Crippen molar-refractivity contribution in [2.45, 2.75) is 13.3 Å². The van der Waals surface area contributed by atoms with Crippen molar-refractivity contribution >= 4 is 11.0 Å². The van der Waals surface area contributed by atoms with E-state index in [1.807, 2.05) is 13.0 Å². The van der Waals surface area contributed by atoms with Crippen molar-refractivity contribution in [1.82, 2.24) is 0 Å². The Morgan fingerprint density at radius 3 is 2.93 bits per heavy atom. The van der Waals surface area contributed by atoms with Gasteiger partial charge in [-0.1, -0.05) is 13.0 Å². The monoisotopic (exact) mass is 192 g/mol. The first-order valence-corrected chi connectivity index (χ1v) is 4.42. The van der Waals surface area contributed by atoms with Gasteiger partial charge in [-0.15, -0.1) is 0 Å². The van der Waals surface area contributed by atoms with Crippen LogP contribution in [0.1, 0.15) is 12.5 Å². The Morgan fingerprint density at radius 2 is 2.21 bits per heavy atom. The van der Waals surface area contributed by atoms with Gasteiger partial charge in [0.25, 0.3) is 0 Å². The van der Waals surface area contributed by atoms with E-state index in [4.69, 9.17) is 4.42 Å². The fraction of sp³-hybridized carbons (Fsp3) is 0.182. The van der Waals surface area contributed by atoms with E-state index in [0.29, 0.717) is 11.0 Å². The van der Waals surface area contributed by atoms with Crippen LogP contribution in [0.25, 0.3) is 11.0 Å². The van der Waals surface area contributed by atoms with Gasteiger partial charge in [-0.05, 0) is 24.1 Å². The molecule has 0 spiro atoms. The minimum Gasteiger partial charge on any atom is -0.461 e. The molecule has 0 N–H and O–H groups in total. The highest BCUT2D eigenvalue weighted by molar-refractivity contribution is 5.76. The summed E-state index contributed by atoms with van der Waals surface area (Å²) in [6.07, 6.45) is 1.65. The molecule has 1 aromatic heterocycles. The molecule has 0 amide bonds. The number of aryl methyl sites for hydroxylation is 1. The summed E-state index contributed by atoms with van der Waals surface area (Å²) in [6, 6.07) is 5.22. The highest BCUT2D eigenvalue weighted by Crippen LogP contribution is 2.13. The highest BCUT2D eigenvalue weighted by atomic mass is 19.1. The zero-order chi connectivity index (χ0) is 10.1. The Labute approximate surface area is 80.0 Å². The van der Waals surface area contributed by atoms with E-state index in [2.05, 4.69) is 0 Å². The van der Waals surface area contributed by atoms with Gasteiger partial charge >= 0.3 is 0 Å². The molecule has 0 bridgehead atoms. The maximum Gasteiger partial charge on any atom is 0.228 e. The molecule has 72 valence electrons. The molecule has 0 radical (unpaired) electrons. The van der Waals surface area contributed by atoms with Gasteiger partial charge < -0.3 is 4.42 Å². The van der Waals surface area contributed by atoms with Crippen LogP contribution in [0.5, 0.6) is 0 Å². The molecule has 2 aromatic rings. The lowest BCUT2D eigenvalue weighted by molar-refractivity contribution is 0.520. The summed E-state index contributed by atoms with van der Waals surface area (Å²) in [4.78, 5) is 11.4. The third-order valence-electron chi connectivity index (χ3n) is 2.20. The molecule has 14 heavy (non-hydrogen) atoms. The molecule has 1 aromatic carbocycles. The van der Waals surface area contributed by atoms with Crippen LogP contribution in [-0.2, 0) is 6.42 Å². The molecule has 0 saturated carbocycles. The number of fused-ring (bicyclic) bond motifs is 1. The number of halogens is 1. The smallest absolute Gasteiger partial charge is 0.228 e. The molecule has 0 saturated heterocycles. The van der Waals surface area contributed by atoms with Crippen LogP contribution >= 0.6 is 0 Å². The van der Waals surface area contributed by atoms with Crippen LogP contribution < -0.4 is 5.43 Å². The quantitative estimate of drug-likeness (QED) is 0.694. The second-order valence-corrected chi connectivity index (χ2v) is 3.10. The second kappa shape index (κ2) is 3.25. The van der Waals surface area contributed by atoms with Gasteiger partial charge in [-0.25, -0.2) is 0 Å². The lowest BCUT2D eigenvalue weighted by Gasteiger charge is -1.99. The Balaban J connectivity index is 2.85. The fourth-order valence-corrected chi connectivity index (χ4v) is 1.37. The Morgan fingerprint density at radius 1 is 1.43 bits per heavy atom. The first kappa shape index (κ1) is 8.94. The zero-order valence-corrected chi connectivity index (χ0v) is 7.71. The van der Waals surface area contributed by atoms with E-state index >= 15 is 0 Å². The number of hydrogen-bond donors (Lipinski definition) is 0. The summed E-state index contributed by atoms with van der Waals surface area (Å²) in [5, 5.41) is 0.310. The number of hydrogen-bond acceptors (Lipinski definition) is 2. The Bertz CT molecular complexity index is 528. The SMILES string of the molecule is CCc1ccc2occ(F)c(=O)c2c1. The van der Waals surface area contributed by atoms with Crippen molar-refractivity contribution in [3.63, 3.8) is 0 Å². The summed E-state index contributed by atoms with van der Waals surface area (Å²) < 4.78 is 17.8. The summed E-state index contributed by atoms with van der Waals surface area (Å²) in [5.74, 6) is -0.842. The lowest BCUT2D eigenvalue weighted by Crippen LogP contribution is -2.05. The van der Waals surface area contributed by atoms with Gasteiger partial charge in [-0.2, -0.15) is 4.39 Å². The van der Waals surface area contributed by atoms with Crippen LogP contribution in [0.2, 0.25) is 0 Å². The molecule has 0 aliphatic rings. The van der Waals surface area contributed by atoms with Crippen molar-refractivity contribution in [3.05, 3.63) is 46.1 Å². The Kier molecular flexibility index (Phi) is 2.08. The summed E-state index contributed by atoms with van der Waals surface area (Å²) in [6.45, 7) is 1.97. The van der Waals surface area contributed by atoms with E-state index in [1.165, 1.54) is 0 Å². The zero-order valence-electron chi connectivity index (χ0n) is 7.71. The molecule has 0 atom stereocenters. The number of benzene rings is 1. The Hall–Kier alpha value is -1.64. The standard InChI is InChI=1S/C11H9FO2/c1-2-7-3-4-10-8(5-7)11(13)9(12)6-14-10/h3-6H,2H2,1H3. The molecule has 0 unspecified atom stereocenters. The molecule has 1 heterocycles. The molecule has 0 aliphatic carbocycles. The molecular weight excluding hydrogens is 183 g/mol. The van der Waals surface area contributed by atoms with Gasteiger partial charge in [-0.3, -0.25) is 4.79 Å². The molecule has 3 heteroatoms. The van der Waals surface area contributed by atoms with Crippen LogP contribution in [0.4, 0.5) is 4.39 Å². The van der Waals surface area contributed by atoms with Crippen molar-refractivity contribution in [2.24, 2.45) is 0 Å². The van der Waals surface area contributed by atoms with E-state index in [0.717, 1.165) is 18.2 Å². The van der Waals surface area contributed by atoms with E-state index in [9.17, 15) is 9.18 Å². The minimum absolute atomic E-state index is 0.310. The van der Waals surface area contributed by atoms with Crippen LogP contribution in [-0.4, -0.2) is 0 Å². The maximum atomic E-state index is 12.9. The maximum absolute atomic E-state index is 12.9. The van der Waals surface area contributed by atoms with Gasteiger partial charge in [0.1, 0.15) is 11.8 Å². The van der Waals surface area contributed by atoms with E-state index in [1.54, 1.807) is 12.1 Å². The van der Waals surface area contributed by atoms with Crippen molar-refractivity contribution < 1.29 is 8.81 Å². The topological polar surface area (TPSA) is 30.2 Å². The summed E-state index contributed by atoms with van der Waals surface area (Å²) in [5.41, 5.74) is 0.825. The molecule has 0 aliphatic heterocycles. The van der Waals surface area contributed by atoms with Crippen molar-refractivity contribution in [3.8, 4) is 0 Å². The lowest BCUT2D eigenvalue weighted by atomic mass is 10.1. The van der Waals surface area contributed by atoms with Crippen molar-refractivity contribution in [2.75, 3.05) is 0 Å². The van der Waals surface area contributed by atoms with Crippen LogP contribution in [0.15, 0.2) is 33.7 Å². The molecule has 2 rings (SSSR count). The predicted molar refractivity (Wildman–Crippen MR) is 51.8 cm³/mol. The molecule has 0 fully saturated rings. The second-order valence-electron chi connectivity index (χ2n) is 3.10. The van der Waals surface area contributed by atoms with Gasteiger partial charge in [0, 0.05) is 0 Å². The number of rotatable bonds is 1. The summed E-state index contributed by atoms with van der Waals surface area (Å²) >= 11 is 0. The first-order chi connectivity index (χ1) is 6.72. The average Bonchev–Trinajstić information content (AvgIpc) is 2.23. The van der Waals surface area contributed by atoms with Gasteiger partial charge in [0.15, 0.2) is 0 Å². The molecular formula is C11H9FO2. The predicted octanol–water partition coefficient (Wildman–Crippen LogP) is 2.49. The normalized spacial score (nSPS) is 10.7. The highest BCUT2D eigenvalue weighted by Gasteiger charge is 2.06. The summed E-state index contributed by atoms with van der Waals surface area (Å²) in [7, 11) is 0. The van der Waals surface area contributed by atoms with Gasteiger partial charge in [0.2, 0.25) is 11.2 Å². The average molecular weight is 192 g/mol. The molecule has 2 nitrogen and oxygen atoms in total. The first-order valence-electron chi connectivity index (χ1n) is 4.42. The van der Waals surface area contributed by atoms with Crippen LogP contribution in [0.3, 0.4) is 0 Å².